The number of fused-ring (bicyclic) bond motifs is 3. The van der Waals surface area contributed by atoms with Gasteiger partial charge in [-0.3, -0.25) is 9.59 Å². The lowest BCUT2D eigenvalue weighted by molar-refractivity contribution is -0.141. The van der Waals surface area contributed by atoms with Gasteiger partial charge in [0.1, 0.15) is 12.6 Å². The molecule has 0 aromatic heterocycles. The second kappa shape index (κ2) is 10.3. The first-order valence-corrected chi connectivity index (χ1v) is 10.9. The standard InChI is InChI=1S/C25H30N2O5/c1-15(2)22(23(28)26-13-12-16(3)24(29)30)27-25(31)32-14-21-19-10-6-4-8-17(19)18-9-5-7-11-20(18)21/h4-11,15-16,21-22H,12-14H2,1-3H3,(H,26,28)(H,27,31)(H,29,30). The maximum atomic E-state index is 12.5. The number of carbonyl (C=O) groups is 3. The Balaban J connectivity index is 1.58. The fraction of sp³-hybridized carbons (Fsp3) is 0.400. The van der Waals surface area contributed by atoms with Crippen LogP contribution in [0.4, 0.5) is 4.79 Å². The maximum Gasteiger partial charge on any atom is 0.407 e. The van der Waals surface area contributed by atoms with Crippen molar-refractivity contribution < 1.29 is 24.2 Å². The van der Waals surface area contributed by atoms with Gasteiger partial charge in [0.05, 0.1) is 5.92 Å². The van der Waals surface area contributed by atoms with Crippen molar-refractivity contribution in [1.82, 2.24) is 10.6 Å². The molecule has 2 amide bonds. The van der Waals surface area contributed by atoms with E-state index in [-0.39, 0.29) is 30.9 Å². The third-order valence-electron chi connectivity index (χ3n) is 5.86. The number of aliphatic carboxylic acids is 1. The molecular formula is C25H30N2O5. The summed E-state index contributed by atoms with van der Waals surface area (Å²) in [6, 6.07) is 15.4. The molecule has 0 fully saturated rings. The zero-order valence-electron chi connectivity index (χ0n) is 18.6. The lowest BCUT2D eigenvalue weighted by atomic mass is 9.98. The molecule has 3 N–H and O–H groups in total. The maximum absolute atomic E-state index is 12.5. The summed E-state index contributed by atoms with van der Waals surface area (Å²) in [6.07, 6.45) is -0.337. The molecule has 0 radical (unpaired) electrons. The monoisotopic (exact) mass is 438 g/mol. The normalized spacial score (nSPS) is 14.2. The molecule has 0 saturated carbocycles. The summed E-state index contributed by atoms with van der Waals surface area (Å²) in [6.45, 7) is 5.63. The molecule has 1 aliphatic rings. The van der Waals surface area contributed by atoms with Crippen LogP contribution in [-0.4, -0.2) is 42.3 Å². The highest BCUT2D eigenvalue weighted by atomic mass is 16.5. The summed E-state index contributed by atoms with van der Waals surface area (Å²) in [5.74, 6) is -2.03. The van der Waals surface area contributed by atoms with Crippen molar-refractivity contribution in [3.63, 3.8) is 0 Å². The van der Waals surface area contributed by atoms with Crippen LogP contribution in [0.1, 0.15) is 44.2 Å². The lowest BCUT2D eigenvalue weighted by Gasteiger charge is -2.22. The highest BCUT2D eigenvalue weighted by molar-refractivity contribution is 5.86. The van der Waals surface area contributed by atoms with Crippen LogP contribution >= 0.6 is 0 Å². The van der Waals surface area contributed by atoms with Crippen molar-refractivity contribution in [2.24, 2.45) is 11.8 Å². The molecule has 0 saturated heterocycles. The van der Waals surface area contributed by atoms with E-state index in [2.05, 4.69) is 22.8 Å². The first-order chi connectivity index (χ1) is 15.3. The van der Waals surface area contributed by atoms with Crippen LogP contribution in [0.5, 0.6) is 0 Å². The van der Waals surface area contributed by atoms with Crippen LogP contribution in [0.3, 0.4) is 0 Å². The van der Waals surface area contributed by atoms with Gasteiger partial charge in [-0.05, 0) is 34.6 Å². The summed E-state index contributed by atoms with van der Waals surface area (Å²) in [4.78, 5) is 36.0. The quantitative estimate of drug-likeness (QED) is 0.553. The molecule has 170 valence electrons. The van der Waals surface area contributed by atoms with E-state index >= 15 is 0 Å². The molecular weight excluding hydrogens is 408 g/mol. The zero-order valence-corrected chi connectivity index (χ0v) is 18.6. The van der Waals surface area contributed by atoms with Crippen molar-refractivity contribution in [3.05, 3.63) is 59.7 Å². The van der Waals surface area contributed by atoms with Crippen LogP contribution in [0.15, 0.2) is 48.5 Å². The van der Waals surface area contributed by atoms with Gasteiger partial charge < -0.3 is 20.5 Å². The Morgan fingerprint density at radius 3 is 2.06 bits per heavy atom. The second-order valence-electron chi connectivity index (χ2n) is 8.51. The Morgan fingerprint density at radius 2 is 1.53 bits per heavy atom. The van der Waals surface area contributed by atoms with Crippen LogP contribution in [-0.2, 0) is 14.3 Å². The minimum atomic E-state index is -0.906. The van der Waals surface area contributed by atoms with E-state index in [1.807, 2.05) is 50.2 Å². The topological polar surface area (TPSA) is 105 Å². The first kappa shape index (κ1) is 23.3. The molecule has 0 aliphatic heterocycles. The molecule has 2 unspecified atom stereocenters. The zero-order chi connectivity index (χ0) is 23.3. The molecule has 2 aromatic carbocycles. The molecule has 7 heteroatoms. The smallest absolute Gasteiger partial charge is 0.407 e. The Bertz CT molecular complexity index is 942. The van der Waals surface area contributed by atoms with E-state index in [4.69, 9.17) is 9.84 Å². The predicted molar refractivity (Wildman–Crippen MR) is 121 cm³/mol. The van der Waals surface area contributed by atoms with Crippen molar-refractivity contribution >= 4 is 18.0 Å². The average Bonchev–Trinajstić information content (AvgIpc) is 3.09. The van der Waals surface area contributed by atoms with E-state index < -0.39 is 24.0 Å². The number of nitrogens with one attached hydrogen (secondary N) is 2. The molecule has 32 heavy (non-hydrogen) atoms. The van der Waals surface area contributed by atoms with E-state index in [0.29, 0.717) is 6.42 Å². The lowest BCUT2D eigenvalue weighted by Crippen LogP contribution is -2.50. The third-order valence-corrected chi connectivity index (χ3v) is 5.86. The van der Waals surface area contributed by atoms with Gasteiger partial charge in [0.2, 0.25) is 5.91 Å². The Kier molecular flexibility index (Phi) is 7.51. The highest BCUT2D eigenvalue weighted by Crippen LogP contribution is 2.44. The van der Waals surface area contributed by atoms with E-state index in [9.17, 15) is 14.4 Å². The van der Waals surface area contributed by atoms with Crippen molar-refractivity contribution in [1.29, 1.82) is 0 Å². The number of carboxylic acid groups (broad SMARTS) is 1. The van der Waals surface area contributed by atoms with Crippen molar-refractivity contribution in [3.8, 4) is 11.1 Å². The van der Waals surface area contributed by atoms with E-state index in [1.165, 1.54) is 0 Å². The fourth-order valence-corrected chi connectivity index (χ4v) is 3.95. The molecule has 0 bridgehead atoms. The largest absolute Gasteiger partial charge is 0.481 e. The predicted octanol–water partition coefficient (Wildman–Crippen LogP) is 3.78. The summed E-state index contributed by atoms with van der Waals surface area (Å²) in [5.41, 5.74) is 4.53. The molecule has 0 heterocycles. The number of hydrogen-bond acceptors (Lipinski definition) is 4. The summed E-state index contributed by atoms with van der Waals surface area (Å²) in [7, 11) is 0. The summed E-state index contributed by atoms with van der Waals surface area (Å²) in [5, 5.41) is 14.3. The van der Waals surface area contributed by atoms with Crippen LogP contribution < -0.4 is 10.6 Å². The van der Waals surface area contributed by atoms with Gasteiger partial charge >= 0.3 is 12.1 Å². The van der Waals surface area contributed by atoms with Gasteiger partial charge in [-0.1, -0.05) is 69.3 Å². The van der Waals surface area contributed by atoms with Crippen LogP contribution in [0, 0.1) is 11.8 Å². The molecule has 0 spiro atoms. The van der Waals surface area contributed by atoms with Crippen LogP contribution in [0.2, 0.25) is 0 Å². The number of alkyl carbamates (subject to hydrolysis) is 1. The van der Waals surface area contributed by atoms with Gasteiger partial charge in [0, 0.05) is 12.5 Å². The average molecular weight is 439 g/mol. The molecule has 2 aromatic rings. The third kappa shape index (κ3) is 5.28. The van der Waals surface area contributed by atoms with Crippen LogP contribution in [0.25, 0.3) is 11.1 Å². The van der Waals surface area contributed by atoms with Gasteiger partial charge in [0.25, 0.3) is 0 Å². The Labute approximate surface area is 188 Å². The summed E-state index contributed by atoms with van der Waals surface area (Å²) < 4.78 is 5.54. The van der Waals surface area contributed by atoms with Crippen molar-refractivity contribution in [2.75, 3.05) is 13.2 Å². The van der Waals surface area contributed by atoms with Gasteiger partial charge in [-0.15, -0.1) is 0 Å². The molecule has 1 aliphatic carbocycles. The van der Waals surface area contributed by atoms with Gasteiger partial charge in [-0.2, -0.15) is 0 Å². The van der Waals surface area contributed by atoms with Gasteiger partial charge in [0.15, 0.2) is 0 Å². The molecule has 3 rings (SSSR count). The SMILES string of the molecule is CC(CCNC(=O)C(NC(=O)OCC1c2ccccc2-c2ccccc21)C(C)C)C(=O)O. The number of ether oxygens (including phenoxy) is 1. The Hall–Kier alpha value is -3.35. The fourth-order valence-electron chi connectivity index (χ4n) is 3.95. The number of rotatable bonds is 9. The van der Waals surface area contributed by atoms with E-state index in [1.54, 1.807) is 6.92 Å². The number of carbonyl (C=O) groups excluding carboxylic acids is 2. The number of amides is 2. The minimum Gasteiger partial charge on any atom is -0.481 e. The number of carboxylic acids is 1. The van der Waals surface area contributed by atoms with E-state index in [0.717, 1.165) is 22.3 Å². The molecule has 7 nitrogen and oxygen atoms in total. The number of hydrogen-bond donors (Lipinski definition) is 3. The first-order valence-electron chi connectivity index (χ1n) is 10.9. The summed E-state index contributed by atoms with van der Waals surface area (Å²) >= 11 is 0. The van der Waals surface area contributed by atoms with Gasteiger partial charge in [-0.25, -0.2) is 4.79 Å². The Morgan fingerprint density at radius 1 is 0.969 bits per heavy atom. The number of benzene rings is 2. The molecule has 2 atom stereocenters. The second-order valence-corrected chi connectivity index (χ2v) is 8.51. The van der Waals surface area contributed by atoms with Crippen molar-refractivity contribution in [2.45, 2.75) is 39.2 Å². The minimum absolute atomic E-state index is 0.0583. The highest BCUT2D eigenvalue weighted by Gasteiger charge is 2.30.